The molecular weight excluding hydrogens is 577 g/mol. The molecule has 6 aromatic carbocycles. The largest absolute Gasteiger partial charge is 0.292 e. The summed E-state index contributed by atoms with van der Waals surface area (Å²) in [5, 5.41) is 3.97. The maximum Gasteiger partial charge on any atom is 0.160 e. The van der Waals surface area contributed by atoms with Gasteiger partial charge in [0.15, 0.2) is 5.82 Å². The molecule has 4 nitrogen and oxygen atoms in total. The van der Waals surface area contributed by atoms with Gasteiger partial charge in [0.25, 0.3) is 0 Å². The Morgan fingerprint density at radius 1 is 0.543 bits per heavy atom. The Kier molecular flexibility index (Phi) is 5.92. The number of aromatic nitrogens is 4. The Balaban J connectivity index is 1.29. The van der Waals surface area contributed by atoms with Crippen LogP contribution in [0, 0.1) is 0 Å². The molecule has 0 bridgehead atoms. The smallest absolute Gasteiger partial charge is 0.160 e. The molecule has 1 aliphatic rings. The van der Waals surface area contributed by atoms with Crippen molar-refractivity contribution in [2.75, 3.05) is 0 Å². The van der Waals surface area contributed by atoms with Crippen LogP contribution in [0.3, 0.4) is 0 Å². The number of benzene rings is 6. The fourth-order valence-corrected chi connectivity index (χ4v) is 10.6. The van der Waals surface area contributed by atoms with E-state index in [9.17, 15) is 0 Å². The molecule has 8 aromatic rings. The second kappa shape index (κ2) is 10.2. The van der Waals surface area contributed by atoms with E-state index < -0.39 is 8.07 Å². The van der Waals surface area contributed by atoms with Crippen molar-refractivity contribution in [2.24, 2.45) is 0 Å². The highest BCUT2D eigenvalue weighted by Crippen LogP contribution is 2.37. The normalized spacial score (nSPS) is 13.2. The van der Waals surface area contributed by atoms with Crippen molar-refractivity contribution in [3.05, 3.63) is 146 Å². The molecule has 2 aromatic heterocycles. The van der Waals surface area contributed by atoms with Crippen molar-refractivity contribution in [1.29, 1.82) is 0 Å². The molecule has 1 aliphatic heterocycles. The van der Waals surface area contributed by atoms with Gasteiger partial charge in [-0.25, -0.2) is 15.0 Å². The molecule has 9 rings (SSSR count). The molecule has 0 saturated heterocycles. The van der Waals surface area contributed by atoms with Crippen molar-refractivity contribution in [3.63, 3.8) is 0 Å². The van der Waals surface area contributed by atoms with Crippen molar-refractivity contribution in [1.82, 2.24) is 19.5 Å². The molecule has 3 heterocycles. The summed E-state index contributed by atoms with van der Waals surface area (Å²) < 4.78 is 2.24. The van der Waals surface area contributed by atoms with Crippen LogP contribution in [-0.2, 0) is 0 Å². The Morgan fingerprint density at radius 3 is 2.09 bits per heavy atom. The Hall–Kier alpha value is -5.65. The highest BCUT2D eigenvalue weighted by atomic mass is 28.3. The van der Waals surface area contributed by atoms with Gasteiger partial charge in [0.05, 0.1) is 22.2 Å². The zero-order valence-electron chi connectivity index (χ0n) is 25.6. The maximum atomic E-state index is 5.44. The lowest BCUT2D eigenvalue weighted by Crippen LogP contribution is -2.49. The molecule has 0 spiro atoms. The van der Waals surface area contributed by atoms with Gasteiger partial charge in [-0.1, -0.05) is 128 Å². The summed E-state index contributed by atoms with van der Waals surface area (Å²) in [6.45, 7) is 4.91. The number of imidazole rings is 1. The van der Waals surface area contributed by atoms with Crippen molar-refractivity contribution < 1.29 is 0 Å². The molecule has 0 N–H and O–H groups in total. The third-order valence-corrected chi connectivity index (χ3v) is 12.9. The van der Waals surface area contributed by atoms with Gasteiger partial charge in [-0.05, 0) is 51.8 Å². The highest BCUT2D eigenvalue weighted by Gasteiger charge is 2.39. The molecule has 218 valence electrons. The lowest BCUT2D eigenvalue weighted by atomic mass is 10.0. The lowest BCUT2D eigenvalue weighted by Gasteiger charge is -2.21. The van der Waals surface area contributed by atoms with Gasteiger partial charge in [0.2, 0.25) is 0 Å². The van der Waals surface area contributed by atoms with Crippen LogP contribution in [0.15, 0.2) is 146 Å². The average molecular weight is 607 g/mol. The summed E-state index contributed by atoms with van der Waals surface area (Å²) in [7, 11) is -2.02. The minimum atomic E-state index is -2.02. The fraction of sp³-hybridized carbons (Fsp3) is 0.0488. The number of rotatable bonds is 4. The second-order valence-corrected chi connectivity index (χ2v) is 16.8. The van der Waals surface area contributed by atoms with Crippen molar-refractivity contribution >= 4 is 40.4 Å². The van der Waals surface area contributed by atoms with Gasteiger partial charge in [-0.15, -0.1) is 0 Å². The summed E-state index contributed by atoms with van der Waals surface area (Å²) in [6, 6.07) is 51.2. The van der Waals surface area contributed by atoms with Crippen LogP contribution in [0.2, 0.25) is 13.1 Å². The number of hydrogen-bond donors (Lipinski definition) is 0. The molecule has 0 amide bonds. The summed E-state index contributed by atoms with van der Waals surface area (Å²) in [5.41, 5.74) is 10.9. The first-order valence-corrected chi connectivity index (χ1v) is 18.7. The van der Waals surface area contributed by atoms with E-state index in [1.54, 1.807) is 0 Å². The standard InChI is InChI=1S/C41H30N4Si/c1-46(2)36-23-12-9-20-31(36)32-24-25-33-37(27-14-5-3-6-15-27)43-40(44-38(33)39(32)46)28-16-13-17-29(26-28)41-42-34-21-10-11-22-35(34)45(41)30-18-7-4-8-19-30/h3-26H,1-2H3. The van der Waals surface area contributed by atoms with Crippen molar-refractivity contribution in [2.45, 2.75) is 13.1 Å². The van der Waals surface area contributed by atoms with Gasteiger partial charge in [0.1, 0.15) is 13.9 Å². The van der Waals surface area contributed by atoms with E-state index in [2.05, 4.69) is 151 Å². The number of para-hydroxylation sites is 3. The van der Waals surface area contributed by atoms with Crippen LogP contribution in [0.25, 0.3) is 72.8 Å². The molecule has 5 heteroatoms. The first kappa shape index (κ1) is 26.7. The van der Waals surface area contributed by atoms with E-state index in [1.807, 2.05) is 12.1 Å². The van der Waals surface area contributed by atoms with Crippen LogP contribution >= 0.6 is 0 Å². The van der Waals surface area contributed by atoms with Crippen LogP contribution in [-0.4, -0.2) is 27.6 Å². The van der Waals surface area contributed by atoms with Crippen molar-refractivity contribution in [3.8, 4) is 50.8 Å². The summed E-state index contributed by atoms with van der Waals surface area (Å²) >= 11 is 0. The number of hydrogen-bond acceptors (Lipinski definition) is 3. The first-order chi connectivity index (χ1) is 22.6. The zero-order chi connectivity index (χ0) is 30.8. The molecule has 0 unspecified atom stereocenters. The SMILES string of the molecule is C[Si]1(C)c2ccccc2-c2ccc3c(-c4ccccc4)nc(-c4cccc(-c5nc6ccccc6n5-c5ccccc5)c4)nc3c21. The van der Waals surface area contributed by atoms with Gasteiger partial charge in [-0.3, -0.25) is 4.57 Å². The molecule has 0 atom stereocenters. The lowest BCUT2D eigenvalue weighted by molar-refractivity contribution is 1.10. The molecule has 0 radical (unpaired) electrons. The quantitative estimate of drug-likeness (QED) is 0.188. The molecule has 0 aliphatic carbocycles. The van der Waals surface area contributed by atoms with E-state index in [0.29, 0.717) is 0 Å². The van der Waals surface area contributed by atoms with Crippen LogP contribution in [0.4, 0.5) is 0 Å². The molecular formula is C41H30N4Si. The second-order valence-electron chi connectivity index (χ2n) is 12.5. The number of fused-ring (bicyclic) bond motifs is 6. The summed E-state index contributed by atoms with van der Waals surface area (Å²) in [4.78, 5) is 15.9. The molecule has 46 heavy (non-hydrogen) atoms. The summed E-state index contributed by atoms with van der Waals surface area (Å²) in [5.74, 6) is 1.62. The third-order valence-electron chi connectivity index (χ3n) is 9.39. The third kappa shape index (κ3) is 4.02. The average Bonchev–Trinajstić information content (AvgIpc) is 3.62. The summed E-state index contributed by atoms with van der Waals surface area (Å²) in [6.07, 6.45) is 0. The minimum Gasteiger partial charge on any atom is -0.292 e. The fourth-order valence-electron chi connectivity index (χ4n) is 7.25. The topological polar surface area (TPSA) is 43.6 Å². The maximum absolute atomic E-state index is 5.44. The Labute approximate surface area is 268 Å². The first-order valence-electron chi connectivity index (χ1n) is 15.7. The monoisotopic (exact) mass is 606 g/mol. The van der Waals surface area contributed by atoms with Gasteiger partial charge < -0.3 is 0 Å². The Morgan fingerprint density at radius 2 is 1.24 bits per heavy atom. The number of nitrogens with zero attached hydrogens (tertiary/aromatic N) is 4. The van der Waals surface area contributed by atoms with E-state index in [4.69, 9.17) is 15.0 Å². The van der Waals surface area contributed by atoms with E-state index in [-0.39, 0.29) is 0 Å². The Bertz CT molecular complexity index is 2450. The van der Waals surface area contributed by atoms with Crippen LogP contribution in [0.1, 0.15) is 0 Å². The van der Waals surface area contributed by atoms with Gasteiger partial charge in [0, 0.05) is 27.8 Å². The van der Waals surface area contributed by atoms with Gasteiger partial charge >= 0.3 is 0 Å². The van der Waals surface area contributed by atoms with Crippen LogP contribution in [0.5, 0.6) is 0 Å². The van der Waals surface area contributed by atoms with E-state index in [1.165, 1.54) is 21.5 Å². The minimum absolute atomic E-state index is 0.727. The van der Waals surface area contributed by atoms with E-state index >= 15 is 0 Å². The molecule has 0 fully saturated rings. The van der Waals surface area contributed by atoms with Crippen LogP contribution < -0.4 is 10.4 Å². The molecule has 0 saturated carbocycles. The zero-order valence-corrected chi connectivity index (χ0v) is 26.6. The highest BCUT2D eigenvalue weighted by molar-refractivity contribution is 7.05. The predicted octanol–water partition coefficient (Wildman–Crippen LogP) is 8.77. The van der Waals surface area contributed by atoms with E-state index in [0.717, 1.165) is 61.7 Å². The van der Waals surface area contributed by atoms with Gasteiger partial charge in [-0.2, -0.15) is 0 Å². The predicted molar refractivity (Wildman–Crippen MR) is 193 cm³/mol.